The molecule has 0 aliphatic carbocycles. The highest BCUT2D eigenvalue weighted by molar-refractivity contribution is 7.93. The third-order valence-electron chi connectivity index (χ3n) is 6.28. The molecule has 236 valence electrons. The first kappa shape index (κ1) is 33.9. The monoisotopic (exact) mass is 645 g/mol. The normalized spacial score (nSPS) is 18.2. The van der Waals surface area contributed by atoms with Gasteiger partial charge in [-0.05, 0) is 64.1 Å². The molecular formula is C27H33F2N3O9S2. The number of sulfone groups is 1. The lowest BCUT2D eigenvalue weighted by Crippen LogP contribution is -2.67. The molecule has 0 bridgehead atoms. The molecule has 1 aliphatic rings. The smallest absolute Gasteiger partial charge is 0.414 e. The van der Waals surface area contributed by atoms with Gasteiger partial charge in [0.1, 0.15) is 27.9 Å². The number of nitrogens with one attached hydrogen (secondary N) is 1. The van der Waals surface area contributed by atoms with E-state index in [-0.39, 0.29) is 23.7 Å². The van der Waals surface area contributed by atoms with E-state index in [1.165, 1.54) is 47.0 Å². The SMILES string of the molecule is CN(C)C(=O)Oc1ccc(N([C@@](C)(C(=O)OC(C)(C)C)C(=O)C2CS(=O)(=O)CCN2)S(=O)(=O)c2ccc(F)cc2F)cc1. The van der Waals surface area contributed by atoms with Gasteiger partial charge >= 0.3 is 12.1 Å². The number of amides is 1. The molecule has 1 amide bonds. The fourth-order valence-corrected chi connectivity index (χ4v) is 7.37. The quantitative estimate of drug-likeness (QED) is 0.334. The molecule has 2 atom stereocenters. The molecule has 12 nitrogen and oxygen atoms in total. The Kier molecular flexibility index (Phi) is 9.58. The van der Waals surface area contributed by atoms with Crippen molar-refractivity contribution in [3.63, 3.8) is 0 Å². The molecule has 3 rings (SSSR count). The van der Waals surface area contributed by atoms with Gasteiger partial charge in [-0.25, -0.2) is 39.5 Å². The Balaban J connectivity index is 2.32. The second kappa shape index (κ2) is 12.2. The van der Waals surface area contributed by atoms with E-state index in [0.717, 1.165) is 24.0 Å². The highest BCUT2D eigenvalue weighted by Gasteiger charge is 2.57. The van der Waals surface area contributed by atoms with Crippen molar-refractivity contribution in [3.05, 3.63) is 54.1 Å². The summed E-state index contributed by atoms with van der Waals surface area (Å²) in [5.41, 5.74) is -4.47. The number of ether oxygens (including phenoxy) is 2. The van der Waals surface area contributed by atoms with Gasteiger partial charge in [0.25, 0.3) is 10.0 Å². The van der Waals surface area contributed by atoms with Crippen LogP contribution in [0.3, 0.4) is 0 Å². The van der Waals surface area contributed by atoms with Gasteiger partial charge in [-0.2, -0.15) is 0 Å². The van der Waals surface area contributed by atoms with Crippen molar-refractivity contribution < 1.29 is 49.5 Å². The highest BCUT2D eigenvalue weighted by atomic mass is 32.2. The number of carbonyl (C=O) groups excluding carboxylic acids is 3. The van der Waals surface area contributed by atoms with E-state index in [1.54, 1.807) is 0 Å². The number of hydrogen-bond acceptors (Lipinski definition) is 10. The zero-order valence-corrected chi connectivity index (χ0v) is 26.0. The van der Waals surface area contributed by atoms with Crippen molar-refractivity contribution in [3.8, 4) is 5.75 Å². The minimum absolute atomic E-state index is 0.0434. The van der Waals surface area contributed by atoms with Crippen LogP contribution in [-0.2, 0) is 34.2 Å². The number of halogens is 2. The number of ketones is 1. The third kappa shape index (κ3) is 7.48. The first-order valence-corrected chi connectivity index (χ1v) is 16.2. The van der Waals surface area contributed by atoms with Gasteiger partial charge in [0, 0.05) is 26.7 Å². The predicted molar refractivity (Wildman–Crippen MR) is 152 cm³/mol. The van der Waals surface area contributed by atoms with E-state index in [2.05, 4.69) is 5.32 Å². The lowest BCUT2D eigenvalue weighted by molar-refractivity contribution is -0.163. The molecule has 1 fully saturated rings. The molecule has 0 radical (unpaired) electrons. The van der Waals surface area contributed by atoms with Crippen molar-refractivity contribution in [1.82, 2.24) is 10.2 Å². The van der Waals surface area contributed by atoms with Crippen LogP contribution in [-0.4, -0.2) is 88.9 Å². The summed E-state index contributed by atoms with van der Waals surface area (Å²) in [6.07, 6.45) is -0.760. The summed E-state index contributed by atoms with van der Waals surface area (Å²) < 4.78 is 93.0. The van der Waals surface area contributed by atoms with Gasteiger partial charge in [-0.15, -0.1) is 0 Å². The molecule has 0 saturated carbocycles. The number of nitrogens with zero attached hydrogens (tertiary/aromatic N) is 2. The van der Waals surface area contributed by atoms with Crippen molar-refractivity contribution in [2.75, 3.05) is 36.5 Å². The van der Waals surface area contributed by atoms with Gasteiger partial charge in [-0.3, -0.25) is 4.79 Å². The Morgan fingerprint density at radius 1 is 1.00 bits per heavy atom. The minimum Gasteiger partial charge on any atom is -0.458 e. The van der Waals surface area contributed by atoms with Gasteiger partial charge in [0.2, 0.25) is 5.54 Å². The molecule has 0 spiro atoms. The van der Waals surface area contributed by atoms with Gasteiger partial charge in [-0.1, -0.05) is 0 Å². The summed E-state index contributed by atoms with van der Waals surface area (Å²) >= 11 is 0. The first-order valence-electron chi connectivity index (χ1n) is 12.9. The Morgan fingerprint density at radius 3 is 2.12 bits per heavy atom. The number of rotatable bonds is 8. The fraction of sp³-hybridized carbons (Fsp3) is 0.444. The molecule has 1 aliphatic heterocycles. The Bertz CT molecular complexity index is 1620. The zero-order valence-electron chi connectivity index (χ0n) is 24.4. The van der Waals surface area contributed by atoms with Gasteiger partial charge in [0.05, 0.1) is 23.2 Å². The van der Waals surface area contributed by atoms with Crippen molar-refractivity contribution in [1.29, 1.82) is 0 Å². The summed E-state index contributed by atoms with van der Waals surface area (Å²) in [5, 5.41) is 2.71. The standard InChI is InChI=1S/C27H33F2N3O9S2/c1-26(2,3)41-24(34)27(4,23(33)21-16-42(36,37)14-13-30-21)32(43(38,39)22-12-7-17(28)15-20(22)29)18-8-10-19(11-9-18)40-25(35)31(5)6/h7-12,15,21,30H,13-14,16H2,1-6H3/t21?,27-/m1/s1. The zero-order chi connectivity index (χ0) is 32.5. The van der Waals surface area contributed by atoms with E-state index in [9.17, 15) is 35.6 Å². The van der Waals surface area contributed by atoms with Crippen LogP contribution in [0.1, 0.15) is 27.7 Å². The van der Waals surface area contributed by atoms with E-state index >= 15 is 4.39 Å². The van der Waals surface area contributed by atoms with Crippen LogP contribution < -0.4 is 14.4 Å². The molecule has 43 heavy (non-hydrogen) atoms. The minimum atomic E-state index is -5.24. The van der Waals surface area contributed by atoms with Crippen LogP contribution in [0.15, 0.2) is 47.4 Å². The van der Waals surface area contributed by atoms with Gasteiger partial charge in [0.15, 0.2) is 15.6 Å². The number of sulfonamides is 1. The molecule has 2 aromatic rings. The second-order valence-electron chi connectivity index (χ2n) is 11.2. The number of esters is 1. The Morgan fingerprint density at radius 2 is 1.60 bits per heavy atom. The Hall–Kier alpha value is -3.63. The molecule has 16 heteroatoms. The lowest BCUT2D eigenvalue weighted by Gasteiger charge is -2.42. The summed E-state index contributed by atoms with van der Waals surface area (Å²) in [4.78, 5) is 40.1. The van der Waals surface area contributed by atoms with Crippen LogP contribution in [0.4, 0.5) is 19.3 Å². The molecule has 1 heterocycles. The maximum Gasteiger partial charge on any atom is 0.414 e. The highest BCUT2D eigenvalue weighted by Crippen LogP contribution is 2.37. The van der Waals surface area contributed by atoms with Crippen LogP contribution in [0, 0.1) is 11.6 Å². The van der Waals surface area contributed by atoms with E-state index in [1.807, 2.05) is 0 Å². The van der Waals surface area contributed by atoms with Crippen molar-refractivity contribution in [2.45, 2.75) is 49.8 Å². The lowest BCUT2D eigenvalue weighted by atomic mass is 9.90. The number of carbonyl (C=O) groups is 3. The van der Waals surface area contributed by atoms with E-state index in [0.29, 0.717) is 22.5 Å². The number of benzene rings is 2. The van der Waals surface area contributed by atoms with Crippen molar-refractivity contribution >= 4 is 43.4 Å². The van der Waals surface area contributed by atoms with Crippen LogP contribution in [0.25, 0.3) is 0 Å². The maximum atomic E-state index is 15.0. The summed E-state index contributed by atoms with van der Waals surface area (Å²) in [7, 11) is -6.15. The molecular weight excluding hydrogens is 612 g/mol. The number of hydrogen-bond donors (Lipinski definition) is 1. The average molecular weight is 646 g/mol. The third-order valence-corrected chi connectivity index (χ3v) is 9.89. The largest absolute Gasteiger partial charge is 0.458 e. The van der Waals surface area contributed by atoms with Crippen LogP contribution >= 0.6 is 0 Å². The summed E-state index contributed by atoms with van der Waals surface area (Å²) in [5.74, 6) is -6.27. The molecule has 2 aromatic carbocycles. The summed E-state index contributed by atoms with van der Waals surface area (Å²) in [6.45, 7) is 5.15. The Labute approximate surface area is 248 Å². The van der Waals surface area contributed by atoms with Crippen molar-refractivity contribution in [2.24, 2.45) is 0 Å². The predicted octanol–water partition coefficient (Wildman–Crippen LogP) is 2.28. The fourth-order valence-electron chi connectivity index (χ4n) is 4.22. The van der Waals surface area contributed by atoms with E-state index < -0.39 is 77.2 Å². The topological polar surface area (TPSA) is 156 Å². The molecule has 0 aromatic heterocycles. The van der Waals surface area contributed by atoms with E-state index in [4.69, 9.17) is 9.47 Å². The molecule has 1 N–H and O–H groups in total. The van der Waals surface area contributed by atoms with Crippen LogP contribution in [0.5, 0.6) is 5.75 Å². The number of Topliss-reactive ketones (excluding diaryl/α,β-unsaturated/α-hetero) is 1. The van der Waals surface area contributed by atoms with Crippen LogP contribution in [0.2, 0.25) is 0 Å². The average Bonchev–Trinajstić information content (AvgIpc) is 2.87. The van der Waals surface area contributed by atoms with Gasteiger partial charge < -0.3 is 19.7 Å². The maximum absolute atomic E-state index is 15.0. The summed E-state index contributed by atoms with van der Waals surface area (Å²) in [6, 6.07) is 4.61. The molecule has 1 saturated heterocycles. The second-order valence-corrected chi connectivity index (χ2v) is 15.1. The first-order chi connectivity index (χ1) is 19.7. The number of anilines is 1. The molecule has 1 unspecified atom stereocenters.